The number of fused-ring (bicyclic) bond motifs is 5. The Kier molecular flexibility index (Phi) is 4.49. The predicted molar refractivity (Wildman–Crippen MR) is 110 cm³/mol. The lowest BCUT2D eigenvalue weighted by Gasteiger charge is -2.57. The highest BCUT2D eigenvalue weighted by Gasteiger charge is 2.60. The van der Waals surface area contributed by atoms with Crippen molar-refractivity contribution in [3.63, 3.8) is 0 Å². The normalized spacial score (nSPS) is 45.2. The third kappa shape index (κ3) is 2.83. The van der Waals surface area contributed by atoms with Crippen LogP contribution in [0.5, 0.6) is 0 Å². The van der Waals surface area contributed by atoms with Gasteiger partial charge in [0, 0.05) is 5.41 Å². The summed E-state index contributed by atoms with van der Waals surface area (Å²) in [7, 11) is 0. The maximum absolute atomic E-state index is 12.8. The minimum Gasteiger partial charge on any atom is -0.462 e. The Morgan fingerprint density at radius 3 is 2.54 bits per heavy atom. The van der Waals surface area contributed by atoms with Gasteiger partial charge in [-0.1, -0.05) is 32.6 Å². The first kappa shape index (κ1) is 19.9. The molecule has 0 bridgehead atoms. The molecule has 3 nitrogen and oxygen atoms in total. The van der Waals surface area contributed by atoms with E-state index in [1.54, 1.807) is 0 Å². The van der Waals surface area contributed by atoms with Crippen LogP contribution in [0.25, 0.3) is 0 Å². The van der Waals surface area contributed by atoms with Crippen LogP contribution < -0.4 is 0 Å². The molecule has 0 unspecified atom stereocenters. The number of carbonyl (C=O) groups excluding carboxylic acids is 2. The summed E-state index contributed by atoms with van der Waals surface area (Å²) in [4.78, 5) is 25.1. The molecule has 154 valence electrons. The monoisotopic (exact) mass is 384 g/mol. The number of rotatable bonds is 1. The first-order valence-electron chi connectivity index (χ1n) is 11.1. The molecule has 4 aliphatic rings. The SMILES string of the molecule is C=C1C[C@H]2[C@@H]3C=C[C@@H]4C[C@@H](OC(=O)C(C)(C)C)CC[C@]4(C)[C@H]3CC[C@]2(C)C1=O. The predicted octanol–water partition coefficient (Wildman–Crippen LogP) is 5.50. The van der Waals surface area contributed by atoms with E-state index < -0.39 is 5.41 Å². The Balaban J connectivity index is 1.55. The third-order valence-electron chi connectivity index (χ3n) is 8.70. The molecule has 0 amide bonds. The van der Waals surface area contributed by atoms with Crippen LogP contribution in [-0.4, -0.2) is 17.9 Å². The standard InChI is InChI=1S/C25H36O3/c1-15-13-20-18-8-7-16-14-17(28-22(27)23(2,3)4)9-11-24(16,5)19(18)10-12-25(20,6)21(15)26/h7-8,16-20H,1,9-14H2,2-6H3/t16-,17+,18-,19+,20+,24+,25+/m1/s1. The van der Waals surface area contributed by atoms with E-state index in [4.69, 9.17) is 4.74 Å². The van der Waals surface area contributed by atoms with Gasteiger partial charge < -0.3 is 4.74 Å². The van der Waals surface area contributed by atoms with Gasteiger partial charge in [0.25, 0.3) is 0 Å². The van der Waals surface area contributed by atoms with Crippen molar-refractivity contribution in [1.82, 2.24) is 0 Å². The van der Waals surface area contributed by atoms with E-state index in [0.717, 1.165) is 44.1 Å². The Labute approximate surface area is 170 Å². The Hall–Kier alpha value is -1.38. The fourth-order valence-electron chi connectivity index (χ4n) is 6.77. The second-order valence-corrected chi connectivity index (χ2v) is 11.4. The van der Waals surface area contributed by atoms with Crippen LogP contribution in [-0.2, 0) is 14.3 Å². The van der Waals surface area contributed by atoms with E-state index in [1.165, 1.54) is 0 Å². The Morgan fingerprint density at radius 2 is 1.86 bits per heavy atom. The lowest BCUT2D eigenvalue weighted by Crippen LogP contribution is -2.52. The van der Waals surface area contributed by atoms with Crippen molar-refractivity contribution >= 4 is 11.8 Å². The van der Waals surface area contributed by atoms with Gasteiger partial charge in [0.1, 0.15) is 6.10 Å². The molecule has 0 heterocycles. The van der Waals surface area contributed by atoms with Gasteiger partial charge >= 0.3 is 5.97 Å². The molecule has 4 rings (SSSR count). The number of hydrogen-bond acceptors (Lipinski definition) is 3. The summed E-state index contributed by atoms with van der Waals surface area (Å²) >= 11 is 0. The lowest BCUT2D eigenvalue weighted by atomic mass is 9.47. The molecular formula is C25H36O3. The van der Waals surface area contributed by atoms with E-state index in [1.807, 2.05) is 20.8 Å². The van der Waals surface area contributed by atoms with Crippen molar-refractivity contribution in [3.8, 4) is 0 Å². The number of Topliss-reactive ketones (excluding diaryl/α,β-unsaturated/α-hetero) is 1. The first-order chi connectivity index (χ1) is 13.0. The highest BCUT2D eigenvalue weighted by molar-refractivity contribution is 6.02. The smallest absolute Gasteiger partial charge is 0.311 e. The van der Waals surface area contributed by atoms with E-state index >= 15 is 0 Å². The summed E-state index contributed by atoms with van der Waals surface area (Å²) in [6, 6.07) is 0. The highest BCUT2D eigenvalue weighted by atomic mass is 16.5. The summed E-state index contributed by atoms with van der Waals surface area (Å²) in [6.07, 6.45) is 10.8. The van der Waals surface area contributed by atoms with Crippen LogP contribution in [0.1, 0.15) is 73.1 Å². The van der Waals surface area contributed by atoms with Crippen LogP contribution in [0.4, 0.5) is 0 Å². The number of allylic oxidation sites excluding steroid dienone is 3. The molecule has 3 saturated carbocycles. The second-order valence-electron chi connectivity index (χ2n) is 11.4. The second kappa shape index (κ2) is 6.31. The quantitative estimate of drug-likeness (QED) is 0.341. The number of carbonyl (C=O) groups is 2. The summed E-state index contributed by atoms with van der Waals surface area (Å²) < 4.78 is 5.87. The van der Waals surface area contributed by atoms with E-state index in [0.29, 0.717) is 29.5 Å². The number of ketones is 1. The van der Waals surface area contributed by atoms with Crippen molar-refractivity contribution < 1.29 is 14.3 Å². The molecule has 0 aliphatic heterocycles. The molecule has 28 heavy (non-hydrogen) atoms. The molecule has 0 aromatic carbocycles. The summed E-state index contributed by atoms with van der Waals surface area (Å²) in [5, 5.41) is 0. The average Bonchev–Trinajstić information content (AvgIpc) is 2.85. The molecule has 0 N–H and O–H groups in total. The number of ether oxygens (including phenoxy) is 1. The highest BCUT2D eigenvalue weighted by Crippen LogP contribution is 2.64. The van der Waals surface area contributed by atoms with E-state index in [2.05, 4.69) is 32.6 Å². The number of esters is 1. The molecule has 0 aromatic rings. The summed E-state index contributed by atoms with van der Waals surface area (Å²) in [5.74, 6) is 2.21. The fourth-order valence-corrected chi connectivity index (χ4v) is 6.77. The van der Waals surface area contributed by atoms with Gasteiger partial charge in [0.15, 0.2) is 5.78 Å². The average molecular weight is 385 g/mol. The molecule has 0 spiro atoms. The van der Waals surface area contributed by atoms with E-state index in [9.17, 15) is 9.59 Å². The van der Waals surface area contributed by atoms with Crippen molar-refractivity contribution in [3.05, 3.63) is 24.3 Å². The minimum absolute atomic E-state index is 0.0349. The van der Waals surface area contributed by atoms with Crippen molar-refractivity contribution in [2.75, 3.05) is 0 Å². The summed E-state index contributed by atoms with van der Waals surface area (Å²) in [5.41, 5.74) is 0.440. The van der Waals surface area contributed by atoms with Gasteiger partial charge in [-0.15, -0.1) is 0 Å². The third-order valence-corrected chi connectivity index (χ3v) is 8.70. The van der Waals surface area contributed by atoms with Gasteiger partial charge in [-0.05, 0) is 94.0 Å². The zero-order valence-electron chi connectivity index (χ0n) is 18.2. The molecule has 4 aliphatic carbocycles. The molecule has 0 radical (unpaired) electrons. The van der Waals surface area contributed by atoms with Crippen molar-refractivity contribution in [2.24, 2.45) is 39.9 Å². The van der Waals surface area contributed by atoms with Gasteiger partial charge in [-0.25, -0.2) is 0 Å². The van der Waals surface area contributed by atoms with Crippen molar-refractivity contribution in [1.29, 1.82) is 0 Å². The molecule has 0 aromatic heterocycles. The Bertz CT molecular complexity index is 741. The van der Waals surface area contributed by atoms with E-state index in [-0.39, 0.29) is 22.9 Å². The minimum atomic E-state index is -0.445. The number of hydrogen-bond donors (Lipinski definition) is 0. The van der Waals surface area contributed by atoms with Gasteiger partial charge in [-0.3, -0.25) is 9.59 Å². The fraction of sp³-hybridized carbons (Fsp3) is 0.760. The first-order valence-corrected chi connectivity index (χ1v) is 11.1. The molecule has 3 heteroatoms. The van der Waals surface area contributed by atoms with Crippen LogP contribution in [0.3, 0.4) is 0 Å². The van der Waals surface area contributed by atoms with Gasteiger partial charge in [0.2, 0.25) is 0 Å². The van der Waals surface area contributed by atoms with Crippen LogP contribution >= 0.6 is 0 Å². The zero-order chi connectivity index (χ0) is 20.5. The molecule has 0 saturated heterocycles. The maximum Gasteiger partial charge on any atom is 0.311 e. The molecule has 7 atom stereocenters. The van der Waals surface area contributed by atoms with Crippen LogP contribution in [0, 0.1) is 39.9 Å². The Morgan fingerprint density at radius 1 is 1.14 bits per heavy atom. The molecule has 3 fully saturated rings. The molecular weight excluding hydrogens is 348 g/mol. The lowest BCUT2D eigenvalue weighted by molar-refractivity contribution is -0.164. The van der Waals surface area contributed by atoms with Crippen LogP contribution in [0.15, 0.2) is 24.3 Å². The maximum atomic E-state index is 12.8. The largest absolute Gasteiger partial charge is 0.462 e. The van der Waals surface area contributed by atoms with Gasteiger partial charge in [0.05, 0.1) is 5.41 Å². The zero-order valence-corrected chi connectivity index (χ0v) is 18.2. The van der Waals surface area contributed by atoms with Gasteiger partial charge in [-0.2, -0.15) is 0 Å². The summed E-state index contributed by atoms with van der Waals surface area (Å²) in [6.45, 7) is 14.5. The van der Waals surface area contributed by atoms with Crippen molar-refractivity contribution in [2.45, 2.75) is 79.2 Å². The topological polar surface area (TPSA) is 43.4 Å². The van der Waals surface area contributed by atoms with Crippen LogP contribution in [0.2, 0.25) is 0 Å².